The van der Waals surface area contributed by atoms with E-state index in [2.05, 4.69) is 15.4 Å². The number of aliphatic carboxylic acids is 1. The molecule has 7 nitrogen and oxygen atoms in total. The number of carboxylic acids is 1. The summed E-state index contributed by atoms with van der Waals surface area (Å²) in [6, 6.07) is 3.07. The molecule has 4 N–H and O–H groups in total. The maximum atomic E-state index is 11.9. The van der Waals surface area contributed by atoms with E-state index in [-0.39, 0.29) is 17.9 Å². The van der Waals surface area contributed by atoms with Gasteiger partial charge in [0.05, 0.1) is 0 Å². The van der Waals surface area contributed by atoms with Crippen molar-refractivity contribution >= 4 is 17.7 Å². The summed E-state index contributed by atoms with van der Waals surface area (Å²) in [5.41, 5.74) is 0.266. The predicted octanol–water partition coefficient (Wildman–Crippen LogP) is 1.25. The van der Waals surface area contributed by atoms with Crippen molar-refractivity contribution in [3.8, 4) is 5.75 Å². The van der Waals surface area contributed by atoms with Gasteiger partial charge in [-0.2, -0.15) is 8.78 Å². The third kappa shape index (κ3) is 6.04. The lowest BCUT2D eigenvalue weighted by Crippen LogP contribution is -2.43. The highest BCUT2D eigenvalue weighted by atomic mass is 19.3. The van der Waals surface area contributed by atoms with Gasteiger partial charge < -0.3 is 25.6 Å². The van der Waals surface area contributed by atoms with E-state index in [0.717, 1.165) is 0 Å². The molecule has 0 aliphatic rings. The first-order valence-corrected chi connectivity index (χ1v) is 5.88. The van der Waals surface area contributed by atoms with Gasteiger partial charge in [-0.1, -0.05) is 0 Å². The minimum Gasteiger partial charge on any atom is -0.480 e. The zero-order chi connectivity index (χ0) is 15.8. The number of alkyl halides is 2. The lowest BCUT2D eigenvalue weighted by Gasteiger charge is -2.14. The minimum atomic E-state index is -2.94. The molecule has 116 valence electrons. The number of rotatable bonds is 7. The van der Waals surface area contributed by atoms with Crippen LogP contribution in [0.25, 0.3) is 0 Å². The number of halogens is 2. The zero-order valence-electron chi connectivity index (χ0n) is 10.8. The second-order valence-corrected chi connectivity index (χ2v) is 3.90. The Labute approximate surface area is 118 Å². The van der Waals surface area contributed by atoms with Gasteiger partial charge in [0.15, 0.2) is 0 Å². The summed E-state index contributed by atoms with van der Waals surface area (Å²) in [7, 11) is 0. The first-order chi connectivity index (χ1) is 9.92. The van der Waals surface area contributed by atoms with Gasteiger partial charge in [-0.05, 0) is 24.3 Å². The van der Waals surface area contributed by atoms with Gasteiger partial charge in [-0.25, -0.2) is 9.59 Å². The van der Waals surface area contributed by atoms with Crippen LogP contribution in [0.3, 0.4) is 0 Å². The topological polar surface area (TPSA) is 108 Å². The standard InChI is InChI=1S/C12H14F2N2O5/c13-11(14)21-8-3-1-7(2-4-8)15-12(20)16-9(5-6-17)10(18)19/h1-4,9,11,17H,5-6H2,(H,18,19)(H2,15,16,20)/t9-/m0/s1. The summed E-state index contributed by atoms with van der Waals surface area (Å²) in [4.78, 5) is 22.3. The summed E-state index contributed by atoms with van der Waals surface area (Å²) < 4.78 is 28.0. The second kappa shape index (κ2) is 8.00. The maximum absolute atomic E-state index is 11.9. The van der Waals surface area contributed by atoms with Crippen molar-refractivity contribution in [1.29, 1.82) is 0 Å². The normalized spacial score (nSPS) is 11.8. The van der Waals surface area contributed by atoms with E-state index in [1.165, 1.54) is 24.3 Å². The third-order valence-corrected chi connectivity index (χ3v) is 2.36. The van der Waals surface area contributed by atoms with Crippen LogP contribution in [0.5, 0.6) is 5.75 Å². The molecule has 0 heterocycles. The van der Waals surface area contributed by atoms with Crippen LogP contribution in [0.2, 0.25) is 0 Å². The molecule has 0 bridgehead atoms. The van der Waals surface area contributed by atoms with Crippen molar-refractivity contribution in [2.24, 2.45) is 0 Å². The molecule has 2 amide bonds. The Balaban J connectivity index is 2.56. The molecule has 0 fully saturated rings. The van der Waals surface area contributed by atoms with Crippen LogP contribution in [0.4, 0.5) is 19.3 Å². The SMILES string of the molecule is O=C(Nc1ccc(OC(F)F)cc1)N[C@@H](CCO)C(=O)O. The number of urea groups is 1. The molecule has 0 aromatic heterocycles. The molecule has 0 aliphatic heterocycles. The Morgan fingerprint density at radius 1 is 1.24 bits per heavy atom. The Kier molecular flexibility index (Phi) is 6.34. The number of carbonyl (C=O) groups is 2. The van der Waals surface area contributed by atoms with E-state index >= 15 is 0 Å². The Bertz CT molecular complexity index is 481. The van der Waals surface area contributed by atoms with Gasteiger partial charge in [-0.3, -0.25) is 0 Å². The number of ether oxygens (including phenoxy) is 1. The molecule has 0 unspecified atom stereocenters. The van der Waals surface area contributed by atoms with Gasteiger partial charge in [0.25, 0.3) is 0 Å². The quantitative estimate of drug-likeness (QED) is 0.606. The molecule has 0 aliphatic carbocycles. The molecule has 21 heavy (non-hydrogen) atoms. The number of carbonyl (C=O) groups excluding carboxylic acids is 1. The van der Waals surface area contributed by atoms with E-state index in [4.69, 9.17) is 10.2 Å². The number of hydrogen-bond donors (Lipinski definition) is 4. The van der Waals surface area contributed by atoms with Crippen molar-refractivity contribution < 1.29 is 33.3 Å². The molecule has 1 aromatic carbocycles. The Morgan fingerprint density at radius 3 is 2.33 bits per heavy atom. The van der Waals surface area contributed by atoms with E-state index in [1.54, 1.807) is 0 Å². The summed E-state index contributed by atoms with van der Waals surface area (Å²) in [6.45, 7) is -3.33. The van der Waals surface area contributed by atoms with Crippen molar-refractivity contribution in [2.75, 3.05) is 11.9 Å². The maximum Gasteiger partial charge on any atom is 0.387 e. The first-order valence-electron chi connectivity index (χ1n) is 5.88. The molecule has 1 aromatic rings. The number of aliphatic hydroxyl groups is 1. The highest BCUT2D eigenvalue weighted by Gasteiger charge is 2.19. The van der Waals surface area contributed by atoms with Crippen LogP contribution < -0.4 is 15.4 Å². The summed E-state index contributed by atoms with van der Waals surface area (Å²) in [5, 5.41) is 22.0. The fraction of sp³-hybridized carbons (Fsp3) is 0.333. The monoisotopic (exact) mass is 304 g/mol. The first kappa shape index (κ1) is 16.6. The highest BCUT2D eigenvalue weighted by molar-refractivity contribution is 5.92. The molecule has 9 heteroatoms. The summed E-state index contributed by atoms with van der Waals surface area (Å²) >= 11 is 0. The summed E-state index contributed by atoms with van der Waals surface area (Å²) in [6.07, 6.45) is -0.135. The van der Waals surface area contributed by atoms with Crippen LogP contribution >= 0.6 is 0 Å². The fourth-order valence-electron chi connectivity index (χ4n) is 1.43. The zero-order valence-corrected chi connectivity index (χ0v) is 10.8. The Hall–Kier alpha value is -2.42. The molecule has 0 radical (unpaired) electrons. The van der Waals surface area contributed by atoms with Crippen LogP contribution in [0.1, 0.15) is 6.42 Å². The van der Waals surface area contributed by atoms with Gasteiger partial charge >= 0.3 is 18.6 Å². The van der Waals surface area contributed by atoms with Crippen molar-refractivity contribution in [2.45, 2.75) is 19.1 Å². The van der Waals surface area contributed by atoms with Gasteiger partial charge in [0.2, 0.25) is 0 Å². The van der Waals surface area contributed by atoms with Crippen LogP contribution in [0, 0.1) is 0 Å². The molecule has 1 atom stereocenters. The molecule has 1 rings (SSSR count). The highest BCUT2D eigenvalue weighted by Crippen LogP contribution is 2.17. The van der Waals surface area contributed by atoms with Gasteiger partial charge in [0.1, 0.15) is 11.8 Å². The fourth-order valence-corrected chi connectivity index (χ4v) is 1.43. The number of hydrogen-bond acceptors (Lipinski definition) is 4. The van der Waals surface area contributed by atoms with Crippen LogP contribution in [0.15, 0.2) is 24.3 Å². The van der Waals surface area contributed by atoms with Crippen molar-refractivity contribution in [3.05, 3.63) is 24.3 Å². The Morgan fingerprint density at radius 2 is 1.86 bits per heavy atom. The van der Waals surface area contributed by atoms with E-state index in [0.29, 0.717) is 0 Å². The van der Waals surface area contributed by atoms with E-state index in [9.17, 15) is 18.4 Å². The minimum absolute atomic E-state index is 0.0698. The average molecular weight is 304 g/mol. The van der Waals surface area contributed by atoms with Crippen molar-refractivity contribution in [1.82, 2.24) is 5.32 Å². The second-order valence-electron chi connectivity index (χ2n) is 3.90. The van der Waals surface area contributed by atoms with Gasteiger partial charge in [-0.15, -0.1) is 0 Å². The number of anilines is 1. The van der Waals surface area contributed by atoms with Crippen LogP contribution in [-0.4, -0.2) is 41.5 Å². The third-order valence-electron chi connectivity index (χ3n) is 2.36. The number of amides is 2. The molecular weight excluding hydrogens is 290 g/mol. The smallest absolute Gasteiger partial charge is 0.387 e. The van der Waals surface area contributed by atoms with Crippen molar-refractivity contribution in [3.63, 3.8) is 0 Å². The molecule has 0 saturated carbocycles. The predicted molar refractivity (Wildman–Crippen MR) is 68.4 cm³/mol. The average Bonchev–Trinajstić information content (AvgIpc) is 2.40. The molecular formula is C12H14F2N2O5. The van der Waals surface area contributed by atoms with Gasteiger partial charge in [0, 0.05) is 18.7 Å². The summed E-state index contributed by atoms with van der Waals surface area (Å²) in [5.74, 6) is -1.35. The van der Waals surface area contributed by atoms with E-state index < -0.39 is 31.3 Å². The largest absolute Gasteiger partial charge is 0.480 e. The number of benzene rings is 1. The lowest BCUT2D eigenvalue weighted by molar-refractivity contribution is -0.139. The van der Waals surface area contributed by atoms with E-state index in [1.807, 2.05) is 0 Å². The lowest BCUT2D eigenvalue weighted by atomic mass is 10.2. The number of nitrogens with one attached hydrogen (secondary N) is 2. The van der Waals surface area contributed by atoms with Crippen LogP contribution in [-0.2, 0) is 4.79 Å². The number of aliphatic hydroxyl groups excluding tert-OH is 1. The molecule has 0 spiro atoms. The molecule has 0 saturated heterocycles. The number of carboxylic acid groups (broad SMARTS) is 1.